The predicted octanol–water partition coefficient (Wildman–Crippen LogP) is 17.8. The molecule has 0 amide bonds. The zero-order chi connectivity index (χ0) is 56.7. The second kappa shape index (κ2) is 19.4. The minimum absolute atomic E-state index is 0. The maximum Gasteiger partial charge on any atom is 0.135 e. The average Bonchev–Trinajstić information content (AvgIpc) is 4.22. The Morgan fingerprint density at radius 3 is 1.89 bits per heavy atom. The van der Waals surface area contributed by atoms with Crippen molar-refractivity contribution in [2.75, 3.05) is 9.80 Å². The molecular weight excluding hydrogens is 1060 g/mol. The van der Waals surface area contributed by atoms with E-state index in [4.69, 9.17) is 19.3 Å². The van der Waals surface area contributed by atoms with Crippen LogP contribution in [0.25, 0.3) is 61.0 Å². The van der Waals surface area contributed by atoms with Gasteiger partial charge in [-0.25, -0.2) is 4.98 Å². The summed E-state index contributed by atoms with van der Waals surface area (Å²) in [6.07, 6.45) is -1.20. The fraction of sp³-hybridized carbons (Fsp3) is 0.182. The number of ether oxygens (including phenoxy) is 1. The molecule has 0 aliphatic carbocycles. The summed E-state index contributed by atoms with van der Waals surface area (Å²) < 4.78 is 86.4. The first-order valence-corrected chi connectivity index (χ1v) is 24.0. The monoisotopic (exact) mass is 1130 g/mol. The van der Waals surface area contributed by atoms with Crippen molar-refractivity contribution in [2.24, 2.45) is 5.89 Å². The zero-order valence-electron chi connectivity index (χ0n) is 50.0. The van der Waals surface area contributed by atoms with E-state index in [-0.39, 0.29) is 61.1 Å². The summed E-state index contributed by atoms with van der Waals surface area (Å²) in [6.45, 7) is 9.12. The summed E-state index contributed by atoms with van der Waals surface area (Å²) in [5.74, 6) is -2.38. The van der Waals surface area contributed by atoms with Gasteiger partial charge < -0.3 is 19.1 Å². The first kappa shape index (κ1) is 38.5. The Kier molecular flexibility index (Phi) is 10.4. The van der Waals surface area contributed by atoms with Crippen molar-refractivity contribution < 1.29 is 38.1 Å². The van der Waals surface area contributed by atoms with Gasteiger partial charge in [0.2, 0.25) is 0 Å². The van der Waals surface area contributed by atoms with Crippen LogP contribution in [0.5, 0.6) is 11.5 Å². The fourth-order valence-electron chi connectivity index (χ4n) is 9.59. The first-order valence-electron chi connectivity index (χ1n) is 28.5. The zero-order valence-corrected chi connectivity index (χ0v) is 43.3. The number of anilines is 4. The molecule has 0 spiro atoms. The van der Waals surface area contributed by atoms with Crippen molar-refractivity contribution in [3.05, 3.63) is 224 Å². The van der Waals surface area contributed by atoms with Crippen molar-refractivity contribution in [2.45, 2.75) is 72.5 Å². The van der Waals surface area contributed by atoms with Crippen LogP contribution in [0, 0.1) is 24.7 Å². The molecule has 0 saturated carbocycles. The van der Waals surface area contributed by atoms with Crippen LogP contribution in [0.2, 0.25) is 0 Å². The standard InChI is InChI=1S/C66H59N4O.Pt/c1-44(2)35-47-38-63(67-42-58(47)46-23-13-10-14-24-46)70-59-30-16-15-27-56(59)57-34-33-53(41-62(57)70)71-52-26-19-25-51(40-52)68-43-69(61-32-18-17-31-60(61)68)64-54(45-21-11-9-12-22-45)28-20-29-55(64)48-36-49(65(3,4)5)39-50(37-48)66(6,7)8;/h9-34,36-39,42-44H,35H2,1-8H3;/q-3;/i1D3,2D3,38D,42D,44D;. The predicted molar refractivity (Wildman–Crippen MR) is 296 cm³/mol. The minimum Gasteiger partial charge on any atom is -0.509 e. The molecule has 3 heterocycles. The molecule has 1 aliphatic heterocycles. The van der Waals surface area contributed by atoms with Crippen LogP contribution in [0.4, 0.5) is 22.7 Å². The van der Waals surface area contributed by atoms with Gasteiger partial charge in [-0.1, -0.05) is 188 Å². The third kappa shape index (κ3) is 9.28. The SMILES string of the molecule is [2H]c1nc(-n2c3[c-]c(Oc4[c-]c(N5[CH-]N(c6c(-c7ccccc7)cccc6-c6cc(C(C)(C)C)cc(C(C)(C)C)c6)c6ccccc65)ccc4)ccc3c3ccccc32)c([2H])c(CC([2H])(C([2H])([2H])[2H])C([2H])([2H])[2H])c1-c1ccccc1.[Pt]. The molecule has 8 aromatic carbocycles. The number of para-hydroxylation sites is 4. The van der Waals surface area contributed by atoms with Gasteiger partial charge in [0, 0.05) is 87.6 Å². The molecule has 1 aliphatic rings. The van der Waals surface area contributed by atoms with Crippen LogP contribution in [-0.2, 0) is 38.3 Å². The quantitative estimate of drug-likeness (QED) is 0.128. The Morgan fingerprint density at radius 1 is 0.611 bits per heavy atom. The number of benzene rings is 8. The van der Waals surface area contributed by atoms with Gasteiger partial charge >= 0.3 is 0 Å². The number of hydrogen-bond acceptors (Lipinski definition) is 4. The van der Waals surface area contributed by atoms with Gasteiger partial charge in [-0.3, -0.25) is 0 Å². The van der Waals surface area contributed by atoms with Crippen molar-refractivity contribution in [3.63, 3.8) is 0 Å². The topological polar surface area (TPSA) is 33.5 Å². The van der Waals surface area contributed by atoms with Gasteiger partial charge in [0.15, 0.2) is 0 Å². The molecule has 362 valence electrons. The Labute approximate surface area is 452 Å². The van der Waals surface area contributed by atoms with Gasteiger partial charge in [0.1, 0.15) is 5.82 Å². The summed E-state index contributed by atoms with van der Waals surface area (Å²) in [4.78, 5) is 9.11. The number of pyridine rings is 1. The van der Waals surface area contributed by atoms with Gasteiger partial charge in [-0.05, 0) is 86.2 Å². The molecule has 0 saturated heterocycles. The summed E-state index contributed by atoms with van der Waals surface area (Å²) in [5.41, 5.74) is 11.8. The summed E-state index contributed by atoms with van der Waals surface area (Å²) in [7, 11) is 0. The maximum atomic E-state index is 9.80. The average molecular weight is 1130 g/mol. The number of aromatic nitrogens is 2. The molecule has 5 nitrogen and oxygen atoms in total. The van der Waals surface area contributed by atoms with E-state index in [1.54, 1.807) is 41.0 Å². The molecule has 0 atom stereocenters. The normalized spacial score (nSPS) is 15.0. The Morgan fingerprint density at radius 2 is 1.21 bits per heavy atom. The Balaban J connectivity index is 0.00000736. The molecule has 6 heteroatoms. The van der Waals surface area contributed by atoms with Gasteiger partial charge in [0.25, 0.3) is 0 Å². The van der Waals surface area contributed by atoms with Crippen LogP contribution in [-0.4, -0.2) is 9.55 Å². The van der Waals surface area contributed by atoms with E-state index in [1.165, 1.54) is 11.1 Å². The summed E-state index contributed by atoms with van der Waals surface area (Å²) in [6, 6.07) is 64.5. The molecule has 72 heavy (non-hydrogen) atoms. The largest absolute Gasteiger partial charge is 0.509 e. The molecule has 10 aromatic rings. The Bertz CT molecular complexity index is 3950. The van der Waals surface area contributed by atoms with E-state index in [2.05, 4.69) is 149 Å². The fourth-order valence-corrected chi connectivity index (χ4v) is 9.59. The van der Waals surface area contributed by atoms with E-state index in [1.807, 2.05) is 60.7 Å². The van der Waals surface area contributed by atoms with E-state index in [9.17, 15) is 2.74 Å². The van der Waals surface area contributed by atoms with Gasteiger partial charge in [-0.15, -0.1) is 48.1 Å². The minimum atomic E-state index is -3.28. The van der Waals surface area contributed by atoms with Crippen molar-refractivity contribution >= 4 is 44.6 Å². The van der Waals surface area contributed by atoms with E-state index < -0.39 is 26.0 Å². The second-order valence-electron chi connectivity index (χ2n) is 20.2. The first-order chi connectivity index (χ1) is 37.9. The summed E-state index contributed by atoms with van der Waals surface area (Å²) in [5, 5.41) is 1.51. The number of rotatable bonds is 10. The molecule has 0 N–H and O–H groups in total. The second-order valence-corrected chi connectivity index (χ2v) is 20.2. The molecule has 0 radical (unpaired) electrons. The van der Waals surface area contributed by atoms with Crippen LogP contribution in [0.15, 0.2) is 188 Å². The molecule has 0 bridgehead atoms. The molecule has 0 fully saturated rings. The molecule has 2 aromatic heterocycles. The van der Waals surface area contributed by atoms with Crippen molar-refractivity contribution in [3.8, 4) is 50.7 Å². The van der Waals surface area contributed by atoms with Gasteiger partial charge in [0.05, 0.1) is 2.74 Å². The molecule has 0 unspecified atom stereocenters. The van der Waals surface area contributed by atoms with Gasteiger partial charge in [-0.2, -0.15) is 12.1 Å². The maximum absolute atomic E-state index is 9.80. The summed E-state index contributed by atoms with van der Waals surface area (Å²) >= 11 is 0. The van der Waals surface area contributed by atoms with E-state index in [0.717, 1.165) is 50.1 Å². The smallest absolute Gasteiger partial charge is 0.135 e. The molecule has 11 rings (SSSR count). The number of hydrogen-bond donors (Lipinski definition) is 0. The van der Waals surface area contributed by atoms with Crippen LogP contribution in [0.3, 0.4) is 0 Å². The molecular formula is C66H59N4OPt-3. The van der Waals surface area contributed by atoms with Crippen LogP contribution < -0.4 is 14.5 Å². The van der Waals surface area contributed by atoms with E-state index in [0.29, 0.717) is 33.8 Å². The third-order valence-corrected chi connectivity index (χ3v) is 13.2. The number of fused-ring (bicyclic) bond motifs is 4. The van der Waals surface area contributed by atoms with Crippen LogP contribution in [0.1, 0.15) is 84.3 Å². The van der Waals surface area contributed by atoms with Crippen molar-refractivity contribution in [1.82, 2.24) is 9.55 Å². The van der Waals surface area contributed by atoms with Crippen molar-refractivity contribution in [1.29, 1.82) is 0 Å². The number of nitrogens with zero attached hydrogens (tertiary/aromatic N) is 4. The Hall–Kier alpha value is -7.20. The van der Waals surface area contributed by atoms with Crippen LogP contribution >= 0.6 is 0 Å². The third-order valence-electron chi connectivity index (χ3n) is 13.2. The van der Waals surface area contributed by atoms with E-state index >= 15 is 0 Å².